The molecule has 0 unspecified atom stereocenters. The number of hydrogen-bond acceptors (Lipinski definition) is 4. The molecule has 0 saturated heterocycles. The lowest BCUT2D eigenvalue weighted by molar-refractivity contribution is 0.0602. The summed E-state index contributed by atoms with van der Waals surface area (Å²) < 4.78 is 10.3. The number of carbonyl (C=O) groups excluding carboxylic acids is 1. The minimum Gasteiger partial charge on any atom is -0.490 e. The second-order valence-corrected chi connectivity index (χ2v) is 5.75. The number of carbonyl (C=O) groups is 1. The van der Waals surface area contributed by atoms with E-state index in [1.165, 1.54) is 7.11 Å². The van der Waals surface area contributed by atoms with Crippen molar-refractivity contribution in [1.82, 2.24) is 0 Å². The second-order valence-electron chi connectivity index (χ2n) is 4.50. The van der Waals surface area contributed by atoms with E-state index in [0.29, 0.717) is 45.2 Å². The second kappa shape index (κ2) is 8.29. The maximum Gasteiger partial charge on any atom is 0.340 e. The van der Waals surface area contributed by atoms with Crippen LogP contribution in [0.1, 0.15) is 10.4 Å². The van der Waals surface area contributed by atoms with Crippen LogP contribution in [0.4, 0.5) is 5.69 Å². The van der Waals surface area contributed by atoms with Gasteiger partial charge < -0.3 is 14.8 Å². The Morgan fingerprint density at radius 1 is 1.13 bits per heavy atom. The fourth-order valence-electron chi connectivity index (χ4n) is 1.91. The molecule has 2 rings (SSSR count). The Hall–Kier alpha value is -1.62. The molecule has 0 saturated carbocycles. The van der Waals surface area contributed by atoms with Gasteiger partial charge in [-0.25, -0.2) is 4.79 Å². The lowest BCUT2D eigenvalue weighted by Crippen LogP contribution is -2.15. The van der Waals surface area contributed by atoms with Crippen LogP contribution in [-0.4, -0.2) is 26.2 Å². The number of esters is 1. The highest BCUT2D eigenvalue weighted by Crippen LogP contribution is 2.28. The molecule has 0 aromatic heterocycles. The third-order valence-electron chi connectivity index (χ3n) is 2.97. The topological polar surface area (TPSA) is 47.6 Å². The zero-order valence-corrected chi connectivity index (χ0v) is 14.5. The number of ether oxygens (including phenoxy) is 2. The molecule has 0 spiro atoms. The van der Waals surface area contributed by atoms with Crippen LogP contribution in [0.2, 0.25) is 15.1 Å². The fraction of sp³-hybridized carbons (Fsp3) is 0.188. The Bertz CT molecular complexity index is 707. The van der Waals surface area contributed by atoms with Gasteiger partial charge in [0.1, 0.15) is 12.4 Å². The summed E-state index contributed by atoms with van der Waals surface area (Å²) in [4.78, 5) is 11.7. The van der Waals surface area contributed by atoms with Gasteiger partial charge in [0, 0.05) is 17.6 Å². The summed E-state index contributed by atoms with van der Waals surface area (Å²) in [7, 11) is 1.32. The van der Waals surface area contributed by atoms with Crippen molar-refractivity contribution in [2.24, 2.45) is 0 Å². The van der Waals surface area contributed by atoms with E-state index in [-0.39, 0.29) is 0 Å². The molecule has 0 aliphatic heterocycles. The third kappa shape index (κ3) is 4.67. The Morgan fingerprint density at radius 2 is 1.91 bits per heavy atom. The first-order valence-electron chi connectivity index (χ1n) is 6.71. The summed E-state index contributed by atoms with van der Waals surface area (Å²) in [6.45, 7) is 0.725. The SMILES string of the molecule is COC(=O)c1cccc(Cl)c1NCCOc1cc(Cl)ccc1Cl. The highest BCUT2D eigenvalue weighted by molar-refractivity contribution is 6.34. The lowest BCUT2D eigenvalue weighted by atomic mass is 10.2. The van der Waals surface area contributed by atoms with Crippen molar-refractivity contribution in [3.63, 3.8) is 0 Å². The molecule has 4 nitrogen and oxygen atoms in total. The molecule has 122 valence electrons. The van der Waals surface area contributed by atoms with Crippen LogP contribution in [0, 0.1) is 0 Å². The van der Waals surface area contributed by atoms with Crippen molar-refractivity contribution in [3.8, 4) is 5.75 Å². The van der Waals surface area contributed by atoms with Gasteiger partial charge in [0.2, 0.25) is 0 Å². The first-order valence-corrected chi connectivity index (χ1v) is 7.85. The van der Waals surface area contributed by atoms with Crippen LogP contribution in [0.3, 0.4) is 0 Å². The molecule has 0 fully saturated rings. The minimum absolute atomic E-state index is 0.311. The number of rotatable bonds is 6. The molecule has 0 aliphatic rings. The van der Waals surface area contributed by atoms with E-state index in [1.54, 1.807) is 36.4 Å². The smallest absolute Gasteiger partial charge is 0.340 e. The van der Waals surface area contributed by atoms with E-state index in [0.717, 1.165) is 0 Å². The molecule has 0 heterocycles. The molecule has 1 N–H and O–H groups in total. The fourth-order valence-corrected chi connectivity index (χ4v) is 2.48. The van der Waals surface area contributed by atoms with Crippen LogP contribution < -0.4 is 10.1 Å². The maximum atomic E-state index is 11.7. The molecule has 0 amide bonds. The minimum atomic E-state index is -0.464. The van der Waals surface area contributed by atoms with Crippen molar-refractivity contribution in [2.75, 3.05) is 25.6 Å². The Morgan fingerprint density at radius 3 is 2.65 bits per heavy atom. The first kappa shape index (κ1) is 17.7. The van der Waals surface area contributed by atoms with Crippen molar-refractivity contribution in [1.29, 1.82) is 0 Å². The average molecular weight is 375 g/mol. The molecule has 23 heavy (non-hydrogen) atoms. The predicted molar refractivity (Wildman–Crippen MR) is 93.2 cm³/mol. The van der Waals surface area contributed by atoms with Gasteiger partial charge in [-0.15, -0.1) is 0 Å². The molecular formula is C16H14Cl3NO3. The number of anilines is 1. The van der Waals surface area contributed by atoms with Crippen LogP contribution in [0.15, 0.2) is 36.4 Å². The largest absolute Gasteiger partial charge is 0.490 e. The third-order valence-corrected chi connectivity index (χ3v) is 3.84. The number of halogens is 3. The quantitative estimate of drug-likeness (QED) is 0.575. The molecule has 0 radical (unpaired) electrons. The molecule has 7 heteroatoms. The van der Waals surface area contributed by atoms with Gasteiger partial charge in [-0.1, -0.05) is 40.9 Å². The van der Waals surface area contributed by atoms with Gasteiger partial charge in [0.15, 0.2) is 0 Å². The normalized spacial score (nSPS) is 10.3. The number of methoxy groups -OCH3 is 1. The summed E-state index contributed by atoms with van der Waals surface area (Å²) >= 11 is 18.0. The number of nitrogens with one attached hydrogen (secondary N) is 1. The van der Waals surface area contributed by atoms with E-state index < -0.39 is 5.97 Å². The first-order chi connectivity index (χ1) is 11.0. The summed E-state index contributed by atoms with van der Waals surface area (Å²) in [5.74, 6) is 0.0297. The van der Waals surface area contributed by atoms with Gasteiger partial charge in [-0.05, 0) is 24.3 Å². The van der Waals surface area contributed by atoms with Crippen molar-refractivity contribution in [2.45, 2.75) is 0 Å². The van der Waals surface area contributed by atoms with E-state index in [9.17, 15) is 4.79 Å². The Labute approximate surface area is 149 Å². The molecule has 2 aromatic rings. The van der Waals surface area contributed by atoms with Crippen molar-refractivity contribution in [3.05, 3.63) is 57.0 Å². The summed E-state index contributed by atoms with van der Waals surface area (Å²) in [6, 6.07) is 9.98. The standard InChI is InChI=1S/C16H14Cl3NO3/c1-22-16(21)11-3-2-4-13(19)15(11)20-7-8-23-14-9-10(17)5-6-12(14)18/h2-6,9,20H,7-8H2,1H3. The summed E-state index contributed by atoms with van der Waals surface area (Å²) in [5, 5.41) is 4.50. The number of para-hydroxylation sites is 1. The molecule has 2 aromatic carbocycles. The van der Waals surface area contributed by atoms with Crippen molar-refractivity contribution >= 4 is 46.5 Å². The predicted octanol–water partition coefficient (Wildman–Crippen LogP) is 4.92. The number of benzene rings is 2. The van der Waals surface area contributed by atoms with Gasteiger partial charge in [0.05, 0.1) is 28.4 Å². The zero-order chi connectivity index (χ0) is 16.8. The van der Waals surface area contributed by atoms with Crippen LogP contribution >= 0.6 is 34.8 Å². The lowest BCUT2D eigenvalue weighted by Gasteiger charge is -2.13. The summed E-state index contributed by atoms with van der Waals surface area (Å²) in [5.41, 5.74) is 0.864. The van der Waals surface area contributed by atoms with Gasteiger partial charge in [-0.3, -0.25) is 0 Å². The average Bonchev–Trinajstić information content (AvgIpc) is 2.54. The van der Waals surface area contributed by atoms with E-state index in [2.05, 4.69) is 5.32 Å². The number of hydrogen-bond donors (Lipinski definition) is 1. The van der Waals surface area contributed by atoms with Crippen LogP contribution in [0.5, 0.6) is 5.75 Å². The van der Waals surface area contributed by atoms with Crippen molar-refractivity contribution < 1.29 is 14.3 Å². The van der Waals surface area contributed by atoms with E-state index in [1.807, 2.05) is 0 Å². The molecular weight excluding hydrogens is 361 g/mol. The molecule has 0 aliphatic carbocycles. The monoisotopic (exact) mass is 373 g/mol. The Balaban J connectivity index is 1.99. The van der Waals surface area contributed by atoms with E-state index >= 15 is 0 Å². The van der Waals surface area contributed by atoms with Gasteiger partial charge >= 0.3 is 5.97 Å². The molecule has 0 bridgehead atoms. The van der Waals surface area contributed by atoms with Gasteiger partial charge in [0.25, 0.3) is 0 Å². The summed E-state index contributed by atoms with van der Waals surface area (Å²) in [6.07, 6.45) is 0. The van der Waals surface area contributed by atoms with Crippen LogP contribution in [0.25, 0.3) is 0 Å². The van der Waals surface area contributed by atoms with Crippen LogP contribution in [-0.2, 0) is 4.74 Å². The maximum absolute atomic E-state index is 11.7. The highest BCUT2D eigenvalue weighted by atomic mass is 35.5. The van der Waals surface area contributed by atoms with E-state index in [4.69, 9.17) is 44.3 Å². The molecule has 0 atom stereocenters. The zero-order valence-electron chi connectivity index (χ0n) is 12.2. The highest BCUT2D eigenvalue weighted by Gasteiger charge is 2.14. The van der Waals surface area contributed by atoms with Gasteiger partial charge in [-0.2, -0.15) is 0 Å². The Kier molecular flexibility index (Phi) is 6.39.